The van der Waals surface area contributed by atoms with Crippen LogP contribution in [0.5, 0.6) is 0 Å². The van der Waals surface area contributed by atoms with Gasteiger partial charge in [-0.15, -0.1) is 0 Å². The van der Waals surface area contributed by atoms with Crippen LogP contribution in [0.1, 0.15) is 85.5 Å². The zero-order valence-corrected chi connectivity index (χ0v) is 12.7. The van der Waals surface area contributed by atoms with Gasteiger partial charge in [0.05, 0.1) is 0 Å². The molecule has 0 heteroatoms. The molecule has 17 heavy (non-hydrogen) atoms. The molecule has 0 bridgehead atoms. The molecule has 0 atom stereocenters. The zero-order chi connectivity index (χ0) is 13.1. The first-order valence-electron chi connectivity index (χ1n) is 7.89. The Morgan fingerprint density at radius 3 is 2.06 bits per heavy atom. The van der Waals surface area contributed by atoms with Gasteiger partial charge in [0.2, 0.25) is 0 Å². The third-order valence-electron chi connectivity index (χ3n) is 4.01. The normalized spacial score (nSPS) is 23.8. The van der Waals surface area contributed by atoms with Crippen molar-refractivity contribution in [1.82, 2.24) is 0 Å². The molecule has 0 unspecified atom stereocenters. The Kier molecular flexibility index (Phi) is 10.7. The van der Waals surface area contributed by atoms with E-state index in [1.807, 2.05) is 13.8 Å². The molecule has 0 amide bonds. The Bertz CT molecular complexity index is 172. The van der Waals surface area contributed by atoms with Gasteiger partial charge in [-0.2, -0.15) is 0 Å². The summed E-state index contributed by atoms with van der Waals surface area (Å²) in [6.45, 7) is 12.6. The van der Waals surface area contributed by atoms with Crippen LogP contribution >= 0.6 is 0 Å². The van der Waals surface area contributed by atoms with Gasteiger partial charge >= 0.3 is 0 Å². The lowest BCUT2D eigenvalue weighted by atomic mass is 9.77. The van der Waals surface area contributed by atoms with Crippen LogP contribution in [-0.2, 0) is 0 Å². The van der Waals surface area contributed by atoms with Crippen LogP contribution < -0.4 is 0 Å². The maximum Gasteiger partial charge on any atom is -0.0208 e. The van der Waals surface area contributed by atoms with Crippen molar-refractivity contribution in [3.8, 4) is 0 Å². The van der Waals surface area contributed by atoms with Crippen molar-refractivity contribution >= 4 is 0 Å². The molecule has 1 fully saturated rings. The predicted octanol–water partition coefficient (Wildman–Crippen LogP) is 6.37. The Morgan fingerprint density at radius 2 is 1.59 bits per heavy atom. The molecule has 0 N–H and O–H groups in total. The first kappa shape index (κ1) is 16.7. The van der Waals surface area contributed by atoms with Gasteiger partial charge in [0, 0.05) is 0 Å². The van der Waals surface area contributed by atoms with E-state index in [2.05, 4.69) is 20.4 Å². The second-order valence-electron chi connectivity index (χ2n) is 5.41. The van der Waals surface area contributed by atoms with E-state index in [-0.39, 0.29) is 0 Å². The van der Waals surface area contributed by atoms with E-state index >= 15 is 0 Å². The summed E-state index contributed by atoms with van der Waals surface area (Å²) < 4.78 is 0. The number of unbranched alkanes of at least 4 members (excludes halogenated alkanes) is 3. The molecule has 0 radical (unpaired) electrons. The van der Waals surface area contributed by atoms with Crippen LogP contribution in [0.2, 0.25) is 0 Å². The first-order valence-corrected chi connectivity index (χ1v) is 7.89. The highest BCUT2D eigenvalue weighted by molar-refractivity contribution is 4.97. The summed E-state index contributed by atoms with van der Waals surface area (Å²) in [6.07, 6.45) is 13.0. The third kappa shape index (κ3) is 7.63. The minimum Gasteiger partial charge on any atom is -0.0999 e. The summed E-state index contributed by atoms with van der Waals surface area (Å²) in [5, 5.41) is 0. The van der Waals surface area contributed by atoms with Gasteiger partial charge in [-0.05, 0) is 44.4 Å². The third-order valence-corrected chi connectivity index (χ3v) is 4.01. The van der Waals surface area contributed by atoms with Crippen LogP contribution in [-0.4, -0.2) is 0 Å². The Labute approximate surface area is 110 Å². The van der Waals surface area contributed by atoms with E-state index in [9.17, 15) is 0 Å². The van der Waals surface area contributed by atoms with Crippen molar-refractivity contribution in [3.63, 3.8) is 0 Å². The summed E-state index contributed by atoms with van der Waals surface area (Å²) in [5.74, 6) is 1.88. The quantitative estimate of drug-likeness (QED) is 0.373. The van der Waals surface area contributed by atoms with Gasteiger partial charge in [-0.1, -0.05) is 65.0 Å². The zero-order valence-electron chi connectivity index (χ0n) is 12.7. The fraction of sp³-hybridized carbons (Fsp3) is 0.882. The van der Waals surface area contributed by atoms with Crippen molar-refractivity contribution in [3.05, 3.63) is 12.2 Å². The number of hydrogen-bond donors (Lipinski definition) is 0. The summed E-state index contributed by atoms with van der Waals surface area (Å²) in [4.78, 5) is 0. The van der Waals surface area contributed by atoms with Crippen molar-refractivity contribution in [2.75, 3.05) is 0 Å². The van der Waals surface area contributed by atoms with E-state index in [4.69, 9.17) is 0 Å². The average Bonchev–Trinajstić information content (AvgIpc) is 2.38. The lowest BCUT2D eigenvalue weighted by Gasteiger charge is -2.28. The van der Waals surface area contributed by atoms with Gasteiger partial charge in [0.25, 0.3) is 0 Å². The molecule has 0 heterocycles. The number of allylic oxidation sites excluding steroid dienone is 1. The van der Waals surface area contributed by atoms with Crippen molar-refractivity contribution < 1.29 is 0 Å². The smallest absolute Gasteiger partial charge is 0.0208 e. The lowest BCUT2D eigenvalue weighted by molar-refractivity contribution is 0.281. The maximum absolute atomic E-state index is 4.09. The van der Waals surface area contributed by atoms with Gasteiger partial charge in [-0.25, -0.2) is 0 Å². The monoisotopic (exact) mass is 238 g/mol. The van der Waals surface area contributed by atoms with Crippen LogP contribution in [0, 0.1) is 11.8 Å². The molecule has 0 aliphatic heterocycles. The van der Waals surface area contributed by atoms with Crippen LogP contribution in [0.15, 0.2) is 12.2 Å². The van der Waals surface area contributed by atoms with Crippen molar-refractivity contribution in [2.45, 2.75) is 85.5 Å². The van der Waals surface area contributed by atoms with Crippen LogP contribution in [0.25, 0.3) is 0 Å². The molecular formula is C17H34. The molecule has 0 nitrogen and oxygen atoms in total. The van der Waals surface area contributed by atoms with E-state index in [1.165, 1.54) is 63.4 Å². The molecule has 1 aliphatic rings. The molecule has 1 aliphatic carbocycles. The molecule has 0 aromatic rings. The van der Waals surface area contributed by atoms with Gasteiger partial charge in [0.1, 0.15) is 0 Å². The van der Waals surface area contributed by atoms with Gasteiger partial charge in [-0.3, -0.25) is 0 Å². The standard InChI is InChI=1S/C15H28.C2H6/c1-4-5-6-7-8-14-9-11-15(12-10-14)13(2)3;1-2/h14-15H,2,4-12H2,1,3H3;1-2H3. The summed E-state index contributed by atoms with van der Waals surface area (Å²) >= 11 is 0. The van der Waals surface area contributed by atoms with Crippen molar-refractivity contribution in [2.24, 2.45) is 11.8 Å². The molecular weight excluding hydrogens is 204 g/mol. The van der Waals surface area contributed by atoms with E-state index < -0.39 is 0 Å². The summed E-state index contributed by atoms with van der Waals surface area (Å²) in [5.41, 5.74) is 1.42. The Morgan fingerprint density at radius 1 is 1.00 bits per heavy atom. The number of hydrogen-bond acceptors (Lipinski definition) is 0. The topological polar surface area (TPSA) is 0 Å². The molecule has 1 rings (SSSR count). The highest BCUT2D eigenvalue weighted by Gasteiger charge is 2.20. The Balaban J connectivity index is 0.00000121. The molecule has 1 saturated carbocycles. The maximum atomic E-state index is 4.09. The van der Waals surface area contributed by atoms with Gasteiger partial charge < -0.3 is 0 Å². The highest BCUT2D eigenvalue weighted by Crippen LogP contribution is 2.34. The number of rotatable bonds is 6. The molecule has 0 saturated heterocycles. The minimum absolute atomic E-state index is 0.844. The largest absolute Gasteiger partial charge is 0.0999 e. The highest BCUT2D eigenvalue weighted by atomic mass is 14.3. The lowest BCUT2D eigenvalue weighted by Crippen LogP contribution is -2.15. The second-order valence-corrected chi connectivity index (χ2v) is 5.41. The fourth-order valence-electron chi connectivity index (χ4n) is 2.80. The predicted molar refractivity (Wildman–Crippen MR) is 80.4 cm³/mol. The van der Waals surface area contributed by atoms with E-state index in [1.54, 1.807) is 0 Å². The Hall–Kier alpha value is -0.260. The summed E-state index contributed by atoms with van der Waals surface area (Å²) in [7, 11) is 0. The molecule has 0 aromatic carbocycles. The molecule has 0 spiro atoms. The van der Waals surface area contributed by atoms with Crippen molar-refractivity contribution in [1.29, 1.82) is 0 Å². The average molecular weight is 238 g/mol. The summed E-state index contributed by atoms with van der Waals surface area (Å²) in [6, 6.07) is 0. The fourth-order valence-corrected chi connectivity index (χ4v) is 2.80. The first-order chi connectivity index (χ1) is 8.24. The van der Waals surface area contributed by atoms with E-state index in [0.29, 0.717) is 0 Å². The molecule has 102 valence electrons. The van der Waals surface area contributed by atoms with Crippen LogP contribution in [0.4, 0.5) is 0 Å². The van der Waals surface area contributed by atoms with Gasteiger partial charge in [0.15, 0.2) is 0 Å². The van der Waals surface area contributed by atoms with E-state index in [0.717, 1.165) is 11.8 Å². The minimum atomic E-state index is 0.844. The SMILES string of the molecule is C=C(C)C1CCC(CCCCCC)CC1.CC. The molecule has 0 aromatic heterocycles. The van der Waals surface area contributed by atoms with Crippen LogP contribution in [0.3, 0.4) is 0 Å². The second kappa shape index (κ2) is 10.9.